The predicted molar refractivity (Wildman–Crippen MR) is 61.4 cm³/mol. The minimum atomic E-state index is -1.14. The summed E-state index contributed by atoms with van der Waals surface area (Å²) in [6.45, 7) is 0. The molecule has 0 unspecified atom stereocenters. The molecular weight excluding hydrogens is 238 g/mol. The Labute approximate surface area is 103 Å². The molecule has 0 saturated heterocycles. The van der Waals surface area contributed by atoms with Gasteiger partial charge in [0, 0.05) is 6.07 Å². The van der Waals surface area contributed by atoms with E-state index >= 15 is 0 Å². The van der Waals surface area contributed by atoms with Crippen LogP contribution in [0.3, 0.4) is 0 Å². The molecular formula is C11H11N3O4. The van der Waals surface area contributed by atoms with Gasteiger partial charge in [-0.2, -0.15) is 0 Å². The van der Waals surface area contributed by atoms with Gasteiger partial charge in [0.25, 0.3) is 0 Å². The van der Waals surface area contributed by atoms with Gasteiger partial charge in [0.15, 0.2) is 5.69 Å². The molecule has 18 heavy (non-hydrogen) atoms. The second-order valence-corrected chi connectivity index (χ2v) is 3.39. The summed E-state index contributed by atoms with van der Waals surface area (Å²) in [6, 6.07) is 5.12. The van der Waals surface area contributed by atoms with Gasteiger partial charge >= 0.3 is 5.97 Å². The summed E-state index contributed by atoms with van der Waals surface area (Å²) in [5.74, 6) is 0.0129. The number of carboxylic acid groups (broad SMARTS) is 1. The highest BCUT2D eigenvalue weighted by atomic mass is 16.5. The molecule has 7 heteroatoms. The van der Waals surface area contributed by atoms with Gasteiger partial charge < -0.3 is 14.6 Å². The standard InChI is InChI=1S/C11H11N3O4/c1-17-7-3-4-10(18-2)9(5-7)14-6-8(11(15)16)12-13-14/h3-6H,1-2H3,(H,15,16). The van der Waals surface area contributed by atoms with Crippen LogP contribution in [0.5, 0.6) is 11.5 Å². The van der Waals surface area contributed by atoms with Crippen LogP contribution in [0, 0.1) is 0 Å². The van der Waals surface area contributed by atoms with Gasteiger partial charge in [-0.1, -0.05) is 5.21 Å². The Bertz CT molecular complexity index is 579. The molecule has 0 aliphatic heterocycles. The summed E-state index contributed by atoms with van der Waals surface area (Å²) in [5, 5.41) is 16.1. The number of carbonyl (C=O) groups is 1. The maximum atomic E-state index is 10.8. The minimum Gasteiger partial charge on any atom is -0.497 e. The highest BCUT2D eigenvalue weighted by Crippen LogP contribution is 2.26. The second-order valence-electron chi connectivity index (χ2n) is 3.39. The van der Waals surface area contributed by atoms with Crippen molar-refractivity contribution in [2.24, 2.45) is 0 Å². The first-order valence-corrected chi connectivity index (χ1v) is 5.03. The third kappa shape index (κ3) is 2.10. The summed E-state index contributed by atoms with van der Waals surface area (Å²) < 4.78 is 11.6. The molecule has 0 atom stereocenters. The Morgan fingerprint density at radius 3 is 2.67 bits per heavy atom. The fourth-order valence-corrected chi connectivity index (χ4v) is 1.46. The smallest absolute Gasteiger partial charge is 0.358 e. The molecule has 0 bridgehead atoms. The number of benzene rings is 1. The molecule has 1 aromatic carbocycles. The van der Waals surface area contributed by atoms with Gasteiger partial charge in [0.2, 0.25) is 0 Å². The van der Waals surface area contributed by atoms with E-state index in [1.165, 1.54) is 25.1 Å². The van der Waals surface area contributed by atoms with Crippen LogP contribution in [0.2, 0.25) is 0 Å². The van der Waals surface area contributed by atoms with Crippen LogP contribution < -0.4 is 9.47 Å². The van der Waals surface area contributed by atoms with E-state index in [0.29, 0.717) is 17.2 Å². The summed E-state index contributed by atoms with van der Waals surface area (Å²) in [4.78, 5) is 10.8. The number of carboxylic acids is 1. The van der Waals surface area contributed by atoms with Gasteiger partial charge in [0.1, 0.15) is 17.2 Å². The Kier molecular flexibility index (Phi) is 3.13. The van der Waals surface area contributed by atoms with Crippen LogP contribution in [0.15, 0.2) is 24.4 Å². The molecule has 0 aliphatic rings. The Morgan fingerprint density at radius 1 is 1.33 bits per heavy atom. The van der Waals surface area contributed by atoms with E-state index in [-0.39, 0.29) is 5.69 Å². The largest absolute Gasteiger partial charge is 0.497 e. The molecule has 0 fully saturated rings. The van der Waals surface area contributed by atoms with Crippen molar-refractivity contribution in [2.75, 3.05) is 14.2 Å². The van der Waals surface area contributed by atoms with E-state index < -0.39 is 5.97 Å². The SMILES string of the molecule is COc1ccc(OC)c(-n2cc(C(=O)O)nn2)c1. The normalized spacial score (nSPS) is 10.1. The molecule has 0 spiro atoms. The van der Waals surface area contributed by atoms with Crippen molar-refractivity contribution in [3.05, 3.63) is 30.1 Å². The third-order valence-electron chi connectivity index (χ3n) is 2.35. The zero-order chi connectivity index (χ0) is 13.1. The van der Waals surface area contributed by atoms with Crippen LogP contribution in [0.4, 0.5) is 0 Å². The van der Waals surface area contributed by atoms with Crippen molar-refractivity contribution in [1.82, 2.24) is 15.0 Å². The Morgan fingerprint density at radius 2 is 2.11 bits per heavy atom. The number of rotatable bonds is 4. The van der Waals surface area contributed by atoms with Crippen LogP contribution in [-0.4, -0.2) is 40.3 Å². The van der Waals surface area contributed by atoms with E-state index in [9.17, 15) is 4.79 Å². The monoisotopic (exact) mass is 249 g/mol. The quantitative estimate of drug-likeness (QED) is 0.869. The first-order chi connectivity index (χ1) is 8.65. The molecule has 1 N–H and O–H groups in total. The lowest BCUT2D eigenvalue weighted by molar-refractivity contribution is 0.0690. The van der Waals surface area contributed by atoms with Crippen LogP contribution in [0.25, 0.3) is 5.69 Å². The number of methoxy groups -OCH3 is 2. The van der Waals surface area contributed by atoms with Gasteiger partial charge in [-0.3, -0.25) is 0 Å². The molecule has 2 rings (SSSR count). The van der Waals surface area contributed by atoms with E-state index in [4.69, 9.17) is 14.6 Å². The van der Waals surface area contributed by atoms with Gasteiger partial charge in [-0.25, -0.2) is 9.48 Å². The molecule has 7 nitrogen and oxygen atoms in total. The zero-order valence-corrected chi connectivity index (χ0v) is 9.82. The van der Waals surface area contributed by atoms with E-state index in [2.05, 4.69) is 10.3 Å². The minimum absolute atomic E-state index is 0.139. The summed E-state index contributed by atoms with van der Waals surface area (Å²) in [6.07, 6.45) is 1.31. The lowest BCUT2D eigenvalue weighted by Gasteiger charge is -2.09. The highest BCUT2D eigenvalue weighted by molar-refractivity contribution is 5.84. The molecule has 0 saturated carbocycles. The van der Waals surface area contributed by atoms with Crippen LogP contribution >= 0.6 is 0 Å². The molecule has 0 radical (unpaired) electrons. The lowest BCUT2D eigenvalue weighted by atomic mass is 10.2. The zero-order valence-electron chi connectivity index (χ0n) is 9.82. The molecule has 0 aliphatic carbocycles. The summed E-state index contributed by atoms with van der Waals surface area (Å²) >= 11 is 0. The molecule has 1 heterocycles. The maximum absolute atomic E-state index is 10.8. The average Bonchev–Trinajstić information content (AvgIpc) is 2.87. The number of hydrogen-bond donors (Lipinski definition) is 1. The number of aromatic carboxylic acids is 1. The van der Waals surface area contributed by atoms with Crippen LogP contribution in [0.1, 0.15) is 10.5 Å². The molecule has 1 aromatic heterocycles. The Balaban J connectivity index is 2.50. The van der Waals surface area contributed by atoms with Gasteiger partial charge in [0.05, 0.1) is 20.4 Å². The van der Waals surface area contributed by atoms with E-state index in [1.807, 2.05) is 0 Å². The first kappa shape index (κ1) is 11.9. The summed E-state index contributed by atoms with van der Waals surface area (Å²) in [7, 11) is 3.05. The predicted octanol–water partition coefficient (Wildman–Crippen LogP) is 0.983. The highest BCUT2D eigenvalue weighted by Gasteiger charge is 2.13. The number of ether oxygens (including phenoxy) is 2. The van der Waals surface area contributed by atoms with Crippen molar-refractivity contribution in [2.45, 2.75) is 0 Å². The van der Waals surface area contributed by atoms with Crippen LogP contribution in [-0.2, 0) is 0 Å². The van der Waals surface area contributed by atoms with Crippen molar-refractivity contribution < 1.29 is 19.4 Å². The van der Waals surface area contributed by atoms with Crippen molar-refractivity contribution >= 4 is 5.97 Å². The number of aromatic nitrogens is 3. The Hall–Kier alpha value is -2.57. The average molecular weight is 249 g/mol. The summed E-state index contributed by atoms with van der Waals surface area (Å²) in [5.41, 5.74) is 0.414. The topological polar surface area (TPSA) is 86.5 Å². The van der Waals surface area contributed by atoms with E-state index in [0.717, 1.165) is 0 Å². The third-order valence-corrected chi connectivity index (χ3v) is 2.35. The van der Waals surface area contributed by atoms with Gasteiger partial charge in [-0.15, -0.1) is 5.10 Å². The number of hydrogen-bond acceptors (Lipinski definition) is 5. The lowest BCUT2D eigenvalue weighted by Crippen LogP contribution is -1.99. The molecule has 94 valence electrons. The van der Waals surface area contributed by atoms with Crippen molar-refractivity contribution in [3.63, 3.8) is 0 Å². The van der Waals surface area contributed by atoms with Crippen molar-refractivity contribution in [1.29, 1.82) is 0 Å². The fraction of sp³-hybridized carbons (Fsp3) is 0.182. The second kappa shape index (κ2) is 4.74. The first-order valence-electron chi connectivity index (χ1n) is 5.03. The fourth-order valence-electron chi connectivity index (χ4n) is 1.46. The van der Waals surface area contributed by atoms with Gasteiger partial charge in [-0.05, 0) is 12.1 Å². The maximum Gasteiger partial charge on any atom is 0.358 e. The molecule has 0 amide bonds. The number of nitrogens with zero attached hydrogens (tertiary/aromatic N) is 3. The van der Waals surface area contributed by atoms with Crippen molar-refractivity contribution in [3.8, 4) is 17.2 Å². The molecule has 2 aromatic rings. The van der Waals surface area contributed by atoms with E-state index in [1.54, 1.807) is 18.2 Å².